The predicted octanol–water partition coefficient (Wildman–Crippen LogP) is 4.91. The van der Waals surface area contributed by atoms with Crippen molar-refractivity contribution in [2.75, 3.05) is 12.4 Å². The summed E-state index contributed by atoms with van der Waals surface area (Å²) in [5.41, 5.74) is 1.50. The first-order chi connectivity index (χ1) is 28.7. The molecule has 3 aliphatic heterocycles. The molecule has 3 aliphatic rings. The van der Waals surface area contributed by atoms with Crippen molar-refractivity contribution < 1.29 is 63.7 Å². The Morgan fingerprint density at radius 1 is 0.951 bits per heavy atom. The molecule has 6 rings (SSSR count). The van der Waals surface area contributed by atoms with Crippen molar-refractivity contribution in [1.29, 1.82) is 0 Å². The molecule has 2 amide bonds. The monoisotopic (exact) mass is 844 g/mol. The van der Waals surface area contributed by atoms with Crippen molar-refractivity contribution in [2.24, 2.45) is 28.8 Å². The van der Waals surface area contributed by atoms with Crippen LogP contribution in [0.25, 0.3) is 10.8 Å². The molecule has 3 aromatic rings. The largest absolute Gasteiger partial charge is 0.507 e. The van der Waals surface area contributed by atoms with Gasteiger partial charge < -0.3 is 49.8 Å². The fourth-order valence-corrected chi connectivity index (χ4v) is 7.60. The highest BCUT2D eigenvalue weighted by atomic mass is 16.7. The Balaban J connectivity index is 1.70. The van der Waals surface area contributed by atoms with Crippen LogP contribution < -0.4 is 15.5 Å². The molecule has 326 valence electrons. The molecule has 0 fully saturated rings. The minimum Gasteiger partial charge on any atom is -0.507 e. The lowest BCUT2D eigenvalue weighted by Crippen LogP contribution is -2.46. The summed E-state index contributed by atoms with van der Waals surface area (Å²) in [5.74, 6) is -9.87. The van der Waals surface area contributed by atoms with Gasteiger partial charge in [-0.25, -0.2) is 5.43 Å². The number of Topliss-reactive ketones (excluding diaryl/α,β-unsaturated/α-hetero) is 1. The number of benzene rings is 2. The number of aliphatic hydroxyl groups is 2. The molecule has 7 N–H and O–H groups in total. The van der Waals surface area contributed by atoms with Gasteiger partial charge in [-0.1, -0.05) is 45.9 Å². The number of allylic oxidation sites excluding steroid dienone is 2. The summed E-state index contributed by atoms with van der Waals surface area (Å²) < 4.78 is 23.5. The maximum Gasteiger partial charge on any atom is 0.312 e. The molecule has 0 saturated heterocycles. The van der Waals surface area contributed by atoms with E-state index in [9.17, 15) is 44.7 Å². The average Bonchev–Trinajstić information content (AvgIpc) is 3.50. The van der Waals surface area contributed by atoms with Gasteiger partial charge in [-0.15, -0.1) is 0 Å². The van der Waals surface area contributed by atoms with Crippen LogP contribution in [0.2, 0.25) is 0 Å². The highest BCUT2D eigenvalue weighted by molar-refractivity contribution is 6.24. The number of hydrogen-bond donors (Lipinski definition) is 7. The number of methoxy groups -OCH3 is 1. The topological polar surface area (TPSA) is 256 Å². The van der Waals surface area contributed by atoms with Crippen LogP contribution in [0.1, 0.15) is 80.3 Å². The van der Waals surface area contributed by atoms with Gasteiger partial charge in [0.1, 0.15) is 23.4 Å². The Hall–Kier alpha value is -6.30. The van der Waals surface area contributed by atoms with Crippen molar-refractivity contribution in [3.63, 3.8) is 0 Å². The second kappa shape index (κ2) is 18.5. The van der Waals surface area contributed by atoms with Crippen LogP contribution in [0, 0.1) is 30.6 Å². The van der Waals surface area contributed by atoms with Crippen LogP contribution in [-0.2, 0) is 23.8 Å². The predicted molar refractivity (Wildman–Crippen MR) is 223 cm³/mol. The van der Waals surface area contributed by atoms with E-state index in [-0.39, 0.29) is 39.0 Å². The number of nitrogens with one attached hydrogen (secondary N) is 2. The van der Waals surface area contributed by atoms with Gasteiger partial charge >= 0.3 is 11.8 Å². The standard InChI is InChI=1S/C44H52N4O13/c1-20-11-10-12-21(2)42(56)47-33-28(19-46-48-43(57)27-13-16-45-17-14-27)37(53)30-31(38(33)54)36(52)25(6)40-32(30)41(55)44(8,61-40)59-18-15-29(58-9)22(3)39(60-26(7)49)24(5)35(51)23(4)34(20)50/h10-20,22-24,29,34-35,39,50-54H,1-9H3,(H,47,56)(H,48,57)/b11-10-,18-15-,21-12-,46-19+. The SMILES string of the molecule is COC1/C=C\OC2(C)Oc3c(C)c(O)c4c(O)c(c(/C=N/NC(=O)c5ccncc5)c(O)c4c3C2=O)NC(=O)/C(C)=C\C=C/C(C)C(O)C(C)C(O)C(C)C(OC(C)=O)C1C. The summed E-state index contributed by atoms with van der Waals surface area (Å²) in [4.78, 5) is 57.1. The number of amides is 2. The number of nitrogens with zero attached hydrogens (tertiary/aromatic N) is 2. The molecule has 9 atom stereocenters. The fraction of sp³-hybridized carbons (Fsp3) is 0.409. The van der Waals surface area contributed by atoms with Gasteiger partial charge in [0.15, 0.2) is 5.75 Å². The Bertz CT molecular complexity index is 2320. The zero-order chi connectivity index (χ0) is 45.1. The zero-order valence-electron chi connectivity index (χ0n) is 35.3. The third-order valence-corrected chi connectivity index (χ3v) is 11.3. The molecule has 5 bridgehead atoms. The molecule has 4 heterocycles. The number of ketones is 1. The third-order valence-electron chi connectivity index (χ3n) is 11.3. The lowest BCUT2D eigenvalue weighted by atomic mass is 9.78. The zero-order valence-corrected chi connectivity index (χ0v) is 35.3. The first-order valence-electron chi connectivity index (χ1n) is 19.6. The Labute approximate surface area is 352 Å². The van der Waals surface area contributed by atoms with E-state index in [2.05, 4.69) is 20.8 Å². The minimum absolute atomic E-state index is 0.0115. The maximum absolute atomic E-state index is 14.4. The van der Waals surface area contributed by atoms with Crippen molar-refractivity contribution in [3.8, 4) is 23.0 Å². The summed E-state index contributed by atoms with van der Waals surface area (Å²) in [7, 11) is 1.41. The van der Waals surface area contributed by atoms with Gasteiger partial charge in [-0.2, -0.15) is 5.10 Å². The number of hydrazone groups is 1. The minimum atomic E-state index is -2.11. The van der Waals surface area contributed by atoms with Crippen LogP contribution in [-0.4, -0.2) is 97.6 Å². The van der Waals surface area contributed by atoms with E-state index in [0.717, 1.165) is 12.5 Å². The van der Waals surface area contributed by atoms with Crippen LogP contribution in [0.15, 0.2) is 65.8 Å². The van der Waals surface area contributed by atoms with Crippen LogP contribution >= 0.6 is 0 Å². The molecule has 0 radical (unpaired) electrons. The molecular formula is C44H52N4O13. The smallest absolute Gasteiger partial charge is 0.312 e. The fourth-order valence-electron chi connectivity index (χ4n) is 7.60. The van der Waals surface area contributed by atoms with Crippen LogP contribution in [0.4, 0.5) is 5.69 Å². The van der Waals surface area contributed by atoms with Crippen LogP contribution in [0.3, 0.4) is 0 Å². The molecular weight excluding hydrogens is 792 g/mol. The number of fused-ring (bicyclic) bond motifs is 14. The van der Waals surface area contributed by atoms with Crippen LogP contribution in [0.5, 0.6) is 23.0 Å². The average molecular weight is 845 g/mol. The summed E-state index contributed by atoms with van der Waals surface area (Å²) in [5, 5.41) is 63.9. The number of aliphatic hydroxyl groups excluding tert-OH is 2. The van der Waals surface area contributed by atoms with E-state index in [1.807, 2.05) is 0 Å². The highest BCUT2D eigenvalue weighted by Crippen LogP contribution is 2.55. The number of carbonyl (C=O) groups excluding carboxylic acids is 4. The van der Waals surface area contributed by atoms with Crippen molar-refractivity contribution >= 4 is 46.2 Å². The number of pyridine rings is 1. The van der Waals surface area contributed by atoms with Gasteiger partial charge in [-0.3, -0.25) is 24.2 Å². The third kappa shape index (κ3) is 9.08. The molecule has 9 unspecified atom stereocenters. The second-order valence-electron chi connectivity index (χ2n) is 15.6. The number of rotatable bonds is 5. The summed E-state index contributed by atoms with van der Waals surface area (Å²) in [6.07, 6.45) is 6.93. The Morgan fingerprint density at radius 3 is 2.26 bits per heavy atom. The summed E-state index contributed by atoms with van der Waals surface area (Å²) in [6.45, 7) is 12.2. The van der Waals surface area contributed by atoms with Crippen molar-refractivity contribution in [1.82, 2.24) is 10.4 Å². The van der Waals surface area contributed by atoms with Gasteiger partial charge in [0.25, 0.3) is 17.6 Å². The van der Waals surface area contributed by atoms with Gasteiger partial charge in [0, 0.05) is 79.1 Å². The molecule has 17 nitrogen and oxygen atoms in total. The first-order valence-corrected chi connectivity index (χ1v) is 19.6. The molecule has 17 heteroatoms. The molecule has 0 aliphatic carbocycles. The first kappa shape index (κ1) is 45.8. The number of phenolic OH excluding ortho intramolecular Hbond substituents is 3. The lowest BCUT2D eigenvalue weighted by Gasteiger charge is -2.38. The number of carbonyl (C=O) groups is 4. The number of anilines is 1. The molecule has 1 aromatic heterocycles. The van der Waals surface area contributed by atoms with Gasteiger partial charge in [-0.05, 0) is 32.1 Å². The van der Waals surface area contributed by atoms with E-state index >= 15 is 0 Å². The number of aromatic hydroxyl groups is 3. The number of hydrogen-bond acceptors (Lipinski definition) is 15. The number of phenols is 3. The van der Waals surface area contributed by atoms with E-state index in [1.165, 1.54) is 77.6 Å². The van der Waals surface area contributed by atoms with Crippen molar-refractivity contribution in [3.05, 3.63) is 82.9 Å². The van der Waals surface area contributed by atoms with E-state index in [1.54, 1.807) is 33.8 Å². The number of esters is 1. The maximum atomic E-state index is 14.4. The van der Waals surface area contributed by atoms with E-state index < -0.39 is 106 Å². The molecule has 2 aromatic carbocycles. The Morgan fingerprint density at radius 2 is 1.62 bits per heavy atom. The summed E-state index contributed by atoms with van der Waals surface area (Å²) >= 11 is 0. The quantitative estimate of drug-likeness (QED) is 0.0592. The molecule has 0 spiro atoms. The number of aromatic nitrogens is 1. The highest BCUT2D eigenvalue weighted by Gasteiger charge is 2.50. The number of ether oxygens (including phenoxy) is 4. The van der Waals surface area contributed by atoms with Crippen molar-refractivity contribution in [2.45, 2.75) is 85.6 Å². The Kier molecular flexibility index (Phi) is 13.9. The van der Waals surface area contributed by atoms with E-state index in [4.69, 9.17) is 18.9 Å². The molecule has 0 saturated carbocycles. The lowest BCUT2D eigenvalue weighted by molar-refractivity contribution is -0.160. The normalized spacial score (nSPS) is 29.3. The van der Waals surface area contributed by atoms with Gasteiger partial charge in [0.05, 0.1) is 53.0 Å². The summed E-state index contributed by atoms with van der Waals surface area (Å²) in [6, 6.07) is 2.87. The van der Waals surface area contributed by atoms with E-state index in [0.29, 0.717) is 0 Å². The molecule has 61 heavy (non-hydrogen) atoms. The second-order valence-corrected chi connectivity index (χ2v) is 15.6. The van der Waals surface area contributed by atoms with Gasteiger partial charge in [0.2, 0.25) is 0 Å².